The van der Waals surface area contributed by atoms with Crippen molar-refractivity contribution >= 4 is 11.6 Å². The summed E-state index contributed by atoms with van der Waals surface area (Å²) in [4.78, 5) is 15.8. The van der Waals surface area contributed by atoms with Crippen LogP contribution in [0.5, 0.6) is 5.75 Å². The molecule has 6 heteroatoms. The summed E-state index contributed by atoms with van der Waals surface area (Å²) in [5.41, 5.74) is 0.766. The van der Waals surface area contributed by atoms with E-state index in [4.69, 9.17) is 9.84 Å². The van der Waals surface area contributed by atoms with Crippen molar-refractivity contribution in [3.8, 4) is 5.75 Å². The van der Waals surface area contributed by atoms with E-state index in [1.165, 1.54) is 0 Å². The molecule has 1 saturated heterocycles. The van der Waals surface area contributed by atoms with E-state index in [-0.39, 0.29) is 19.1 Å². The lowest BCUT2D eigenvalue weighted by Crippen LogP contribution is -2.52. The van der Waals surface area contributed by atoms with Gasteiger partial charge in [-0.2, -0.15) is 0 Å². The molecule has 20 heavy (non-hydrogen) atoms. The van der Waals surface area contributed by atoms with Crippen LogP contribution < -0.4 is 9.64 Å². The van der Waals surface area contributed by atoms with Crippen LogP contribution >= 0.6 is 0 Å². The molecule has 0 aromatic heterocycles. The van der Waals surface area contributed by atoms with Crippen LogP contribution in [0.15, 0.2) is 24.3 Å². The lowest BCUT2D eigenvalue weighted by Gasteiger charge is -2.35. The van der Waals surface area contributed by atoms with E-state index >= 15 is 0 Å². The van der Waals surface area contributed by atoms with Gasteiger partial charge < -0.3 is 19.8 Å². The van der Waals surface area contributed by atoms with Gasteiger partial charge in [-0.3, -0.25) is 9.69 Å². The van der Waals surface area contributed by atoms with Crippen LogP contribution in [0.1, 0.15) is 0 Å². The Kier molecular flexibility index (Phi) is 4.94. The molecular weight excluding hydrogens is 260 g/mol. The average molecular weight is 280 g/mol. The molecule has 2 rings (SSSR count). The number of benzene rings is 1. The molecule has 1 aliphatic heterocycles. The van der Waals surface area contributed by atoms with Crippen LogP contribution in [0.2, 0.25) is 0 Å². The standard InChI is InChI=1S/C14H20N2O4/c1-20-13-5-3-2-4-12(13)16-7-6-15(9-14(16)19)8-11(18)10-17/h2-5,11,17-18H,6-10H2,1H3/t11-/m0/s1. The molecule has 0 bridgehead atoms. The van der Waals surface area contributed by atoms with Gasteiger partial charge in [-0.05, 0) is 12.1 Å². The highest BCUT2D eigenvalue weighted by atomic mass is 16.5. The number of carbonyl (C=O) groups is 1. The van der Waals surface area contributed by atoms with Crippen molar-refractivity contribution in [3.63, 3.8) is 0 Å². The number of carbonyl (C=O) groups excluding carboxylic acids is 1. The molecule has 1 aromatic rings. The van der Waals surface area contributed by atoms with E-state index in [0.717, 1.165) is 5.69 Å². The smallest absolute Gasteiger partial charge is 0.241 e. The minimum absolute atomic E-state index is 0.0362. The van der Waals surface area contributed by atoms with Crippen LogP contribution in [0, 0.1) is 0 Å². The number of nitrogens with zero attached hydrogens (tertiary/aromatic N) is 2. The number of aliphatic hydroxyl groups is 2. The minimum atomic E-state index is -0.805. The highest BCUT2D eigenvalue weighted by Crippen LogP contribution is 2.28. The summed E-state index contributed by atoms with van der Waals surface area (Å²) in [6, 6.07) is 7.41. The van der Waals surface area contributed by atoms with Crippen LogP contribution in [0.3, 0.4) is 0 Å². The van der Waals surface area contributed by atoms with E-state index in [9.17, 15) is 9.90 Å². The number of β-amino-alcohol motifs (C(OH)–C–C–N with tert-alkyl or cyclic N) is 1. The molecule has 1 amide bonds. The molecule has 1 fully saturated rings. The second-order valence-electron chi connectivity index (χ2n) is 4.79. The molecule has 0 radical (unpaired) electrons. The fourth-order valence-corrected chi connectivity index (χ4v) is 2.34. The van der Waals surface area contributed by atoms with Crippen molar-refractivity contribution in [2.24, 2.45) is 0 Å². The van der Waals surface area contributed by atoms with Crippen molar-refractivity contribution < 1.29 is 19.7 Å². The Labute approximate surface area is 118 Å². The Morgan fingerprint density at radius 3 is 2.75 bits per heavy atom. The van der Waals surface area contributed by atoms with Gasteiger partial charge in [0.25, 0.3) is 0 Å². The highest BCUT2D eigenvalue weighted by molar-refractivity contribution is 5.96. The second kappa shape index (κ2) is 6.69. The van der Waals surface area contributed by atoms with Gasteiger partial charge in [-0.25, -0.2) is 0 Å². The first-order valence-electron chi connectivity index (χ1n) is 6.60. The van der Waals surface area contributed by atoms with Crippen LogP contribution in [-0.4, -0.2) is 67.0 Å². The Morgan fingerprint density at radius 1 is 1.35 bits per heavy atom. The highest BCUT2D eigenvalue weighted by Gasteiger charge is 2.27. The van der Waals surface area contributed by atoms with Gasteiger partial charge in [0.05, 0.1) is 32.1 Å². The molecule has 0 saturated carbocycles. The van der Waals surface area contributed by atoms with E-state index in [1.54, 1.807) is 12.0 Å². The number of anilines is 1. The zero-order valence-electron chi connectivity index (χ0n) is 11.5. The van der Waals surface area contributed by atoms with Crippen molar-refractivity contribution in [1.29, 1.82) is 0 Å². The molecule has 110 valence electrons. The summed E-state index contributed by atoms with van der Waals surface area (Å²) in [5.74, 6) is 0.635. The first kappa shape index (κ1) is 14.8. The third kappa shape index (κ3) is 3.27. The first-order valence-corrected chi connectivity index (χ1v) is 6.60. The van der Waals surface area contributed by atoms with Gasteiger partial charge in [0.2, 0.25) is 5.91 Å². The van der Waals surface area contributed by atoms with Crippen molar-refractivity contribution in [1.82, 2.24) is 4.90 Å². The molecule has 0 unspecified atom stereocenters. The quantitative estimate of drug-likeness (QED) is 0.774. The minimum Gasteiger partial charge on any atom is -0.495 e. The van der Waals surface area contributed by atoms with E-state index in [0.29, 0.717) is 25.4 Å². The maximum atomic E-state index is 12.2. The Morgan fingerprint density at radius 2 is 2.10 bits per heavy atom. The van der Waals surface area contributed by atoms with Crippen molar-refractivity contribution in [2.45, 2.75) is 6.10 Å². The number of para-hydroxylation sites is 2. The predicted molar refractivity (Wildman–Crippen MR) is 74.9 cm³/mol. The number of ether oxygens (including phenoxy) is 1. The number of hydrogen-bond donors (Lipinski definition) is 2. The molecule has 0 spiro atoms. The fourth-order valence-electron chi connectivity index (χ4n) is 2.34. The Balaban J connectivity index is 2.05. The molecule has 6 nitrogen and oxygen atoms in total. The molecule has 1 atom stereocenters. The second-order valence-corrected chi connectivity index (χ2v) is 4.79. The number of amides is 1. The normalized spacial score (nSPS) is 18.1. The third-order valence-electron chi connectivity index (χ3n) is 3.36. The molecule has 1 aliphatic rings. The summed E-state index contributed by atoms with van der Waals surface area (Å²) in [7, 11) is 1.58. The SMILES string of the molecule is COc1ccccc1N1CCN(C[C@H](O)CO)CC1=O. The van der Waals surface area contributed by atoms with E-state index in [1.807, 2.05) is 29.2 Å². The Hall–Kier alpha value is -1.63. The summed E-state index contributed by atoms with van der Waals surface area (Å²) in [5, 5.41) is 18.3. The summed E-state index contributed by atoms with van der Waals surface area (Å²) in [6.45, 7) is 1.44. The van der Waals surface area contributed by atoms with Crippen LogP contribution in [0.25, 0.3) is 0 Å². The largest absolute Gasteiger partial charge is 0.495 e. The molecule has 0 aliphatic carbocycles. The monoisotopic (exact) mass is 280 g/mol. The summed E-state index contributed by atoms with van der Waals surface area (Å²) < 4.78 is 5.28. The van der Waals surface area contributed by atoms with Crippen LogP contribution in [0.4, 0.5) is 5.69 Å². The van der Waals surface area contributed by atoms with Gasteiger partial charge in [-0.1, -0.05) is 12.1 Å². The first-order chi connectivity index (χ1) is 9.65. The lowest BCUT2D eigenvalue weighted by molar-refractivity contribution is -0.121. The number of aliphatic hydroxyl groups excluding tert-OH is 2. The number of rotatable bonds is 5. The summed E-state index contributed by atoms with van der Waals surface area (Å²) >= 11 is 0. The van der Waals surface area contributed by atoms with Crippen LogP contribution in [-0.2, 0) is 4.79 Å². The predicted octanol–water partition coefficient (Wildman–Crippen LogP) is -0.303. The Bertz CT molecular complexity index is 466. The third-order valence-corrected chi connectivity index (χ3v) is 3.36. The van der Waals surface area contributed by atoms with Crippen molar-refractivity contribution in [2.75, 3.05) is 44.8 Å². The van der Waals surface area contributed by atoms with Gasteiger partial charge >= 0.3 is 0 Å². The average Bonchev–Trinajstić information content (AvgIpc) is 2.47. The lowest BCUT2D eigenvalue weighted by atomic mass is 10.2. The van der Waals surface area contributed by atoms with E-state index in [2.05, 4.69) is 0 Å². The molecule has 2 N–H and O–H groups in total. The zero-order valence-corrected chi connectivity index (χ0v) is 11.5. The molecule has 1 heterocycles. The van der Waals surface area contributed by atoms with Gasteiger partial charge in [0.1, 0.15) is 5.75 Å². The topological polar surface area (TPSA) is 73.2 Å². The van der Waals surface area contributed by atoms with Gasteiger partial charge in [0, 0.05) is 19.6 Å². The summed E-state index contributed by atoms with van der Waals surface area (Å²) in [6.07, 6.45) is -0.805. The zero-order chi connectivity index (χ0) is 14.5. The van der Waals surface area contributed by atoms with Gasteiger partial charge in [0.15, 0.2) is 0 Å². The number of piperazine rings is 1. The maximum Gasteiger partial charge on any atom is 0.241 e. The molecule has 1 aromatic carbocycles. The molecular formula is C14H20N2O4. The number of hydrogen-bond acceptors (Lipinski definition) is 5. The van der Waals surface area contributed by atoms with E-state index < -0.39 is 6.10 Å². The number of methoxy groups -OCH3 is 1. The maximum absolute atomic E-state index is 12.2. The fraction of sp³-hybridized carbons (Fsp3) is 0.500. The van der Waals surface area contributed by atoms with Gasteiger partial charge in [-0.15, -0.1) is 0 Å². The van der Waals surface area contributed by atoms with Crippen molar-refractivity contribution in [3.05, 3.63) is 24.3 Å².